The van der Waals surface area contributed by atoms with E-state index in [4.69, 9.17) is 5.73 Å². The predicted molar refractivity (Wildman–Crippen MR) is 148 cm³/mol. The second-order valence-electron chi connectivity index (χ2n) is 10.1. The summed E-state index contributed by atoms with van der Waals surface area (Å²) in [5.41, 5.74) is 13.5. The van der Waals surface area contributed by atoms with E-state index in [0.717, 1.165) is 36.2 Å². The zero-order chi connectivity index (χ0) is 26.2. The summed E-state index contributed by atoms with van der Waals surface area (Å²) in [7, 11) is -2.10. The lowest BCUT2D eigenvalue weighted by Gasteiger charge is -2.25. The number of urea groups is 1. The van der Waals surface area contributed by atoms with Crippen LogP contribution in [-0.4, -0.2) is 28.0 Å². The Morgan fingerprint density at radius 1 is 1.03 bits per heavy atom. The minimum atomic E-state index is -3.49. The second kappa shape index (κ2) is 9.84. The first-order valence-electron chi connectivity index (χ1n) is 12.9. The van der Waals surface area contributed by atoms with Crippen LogP contribution in [-0.2, 0) is 28.4 Å². The normalized spacial score (nSPS) is 16.2. The zero-order valence-electron chi connectivity index (χ0n) is 21.4. The van der Waals surface area contributed by atoms with Gasteiger partial charge in [0.25, 0.3) is 0 Å². The maximum atomic E-state index is 13.4. The number of hydrogen-bond acceptors (Lipinski definition) is 4. The molecule has 1 aliphatic heterocycles. The third-order valence-corrected chi connectivity index (χ3v) is 9.32. The van der Waals surface area contributed by atoms with Gasteiger partial charge in [-0.15, -0.1) is 0 Å². The number of carbonyl (C=O) groups excluding carboxylic acids is 1. The largest absolute Gasteiger partial charge is 0.399 e. The van der Waals surface area contributed by atoms with Crippen LogP contribution in [0.2, 0.25) is 0 Å². The Morgan fingerprint density at radius 2 is 1.76 bits per heavy atom. The van der Waals surface area contributed by atoms with Crippen LogP contribution in [0.15, 0.2) is 65.6 Å². The van der Waals surface area contributed by atoms with Crippen molar-refractivity contribution in [2.75, 3.05) is 24.2 Å². The lowest BCUT2D eigenvalue weighted by molar-refractivity contribution is 0.245. The number of nitrogens with two attached hydrogens (primary N) is 1. The molecule has 1 fully saturated rings. The molecule has 0 saturated heterocycles. The summed E-state index contributed by atoms with van der Waals surface area (Å²) >= 11 is 0. The highest BCUT2D eigenvalue weighted by Crippen LogP contribution is 2.51. The van der Waals surface area contributed by atoms with E-state index < -0.39 is 10.0 Å². The fraction of sp³-hybridized carbons (Fsp3) is 0.345. The molecule has 0 atom stereocenters. The molecule has 0 unspecified atom stereocenters. The molecule has 194 valence electrons. The van der Waals surface area contributed by atoms with E-state index in [0.29, 0.717) is 13.1 Å². The molecule has 4 N–H and O–H groups in total. The Balaban J connectivity index is 1.39. The van der Waals surface area contributed by atoms with Gasteiger partial charge in [0.1, 0.15) is 0 Å². The van der Waals surface area contributed by atoms with E-state index >= 15 is 0 Å². The lowest BCUT2D eigenvalue weighted by atomic mass is 9.79. The van der Waals surface area contributed by atoms with Crippen molar-refractivity contribution in [3.8, 4) is 11.1 Å². The van der Waals surface area contributed by atoms with Crippen LogP contribution in [0.4, 0.5) is 16.2 Å². The lowest BCUT2D eigenvalue weighted by Crippen LogP contribution is -2.41. The Kier molecular flexibility index (Phi) is 6.72. The summed E-state index contributed by atoms with van der Waals surface area (Å²) < 4.78 is 26.2. The van der Waals surface area contributed by atoms with Gasteiger partial charge in [-0.05, 0) is 90.5 Å². The topological polar surface area (TPSA) is 105 Å². The molecule has 0 bridgehead atoms. The number of sulfonamides is 1. The zero-order valence-corrected chi connectivity index (χ0v) is 22.2. The van der Waals surface area contributed by atoms with Crippen molar-refractivity contribution in [1.29, 1.82) is 0 Å². The van der Waals surface area contributed by atoms with E-state index in [-0.39, 0.29) is 16.3 Å². The molecule has 1 spiro atoms. The maximum Gasteiger partial charge on any atom is 0.322 e. The van der Waals surface area contributed by atoms with Gasteiger partial charge >= 0.3 is 6.03 Å². The Morgan fingerprint density at radius 3 is 2.43 bits per heavy atom. The number of nitrogen functional groups attached to an aromatic ring is 1. The average molecular weight is 519 g/mol. The van der Waals surface area contributed by atoms with Crippen LogP contribution in [0.5, 0.6) is 0 Å². The molecule has 1 heterocycles. The number of hydrogen-bond donors (Lipinski definition) is 3. The molecule has 1 aliphatic carbocycles. The molecule has 0 radical (unpaired) electrons. The summed E-state index contributed by atoms with van der Waals surface area (Å²) in [6.07, 6.45) is 5.40. The molecular formula is C29H34N4O3S. The van der Waals surface area contributed by atoms with Crippen molar-refractivity contribution in [2.45, 2.75) is 55.9 Å². The summed E-state index contributed by atoms with van der Waals surface area (Å²) in [4.78, 5) is 15.5. The van der Waals surface area contributed by atoms with E-state index in [9.17, 15) is 13.2 Å². The maximum absolute atomic E-state index is 13.4. The number of aryl methyl sites for hydroxylation is 1. The molecule has 5 rings (SSSR count). The van der Waals surface area contributed by atoms with Crippen molar-refractivity contribution in [2.24, 2.45) is 0 Å². The van der Waals surface area contributed by atoms with E-state index in [1.807, 2.05) is 17.0 Å². The molecule has 37 heavy (non-hydrogen) atoms. The number of amides is 2. The van der Waals surface area contributed by atoms with Crippen LogP contribution in [0.25, 0.3) is 11.1 Å². The molecule has 3 aromatic carbocycles. The van der Waals surface area contributed by atoms with E-state index in [1.54, 1.807) is 24.3 Å². The van der Waals surface area contributed by atoms with E-state index in [2.05, 4.69) is 41.2 Å². The van der Waals surface area contributed by atoms with Gasteiger partial charge in [-0.3, -0.25) is 4.90 Å². The van der Waals surface area contributed by atoms with Crippen molar-refractivity contribution >= 4 is 27.4 Å². The van der Waals surface area contributed by atoms with Crippen LogP contribution >= 0.6 is 0 Å². The average Bonchev–Trinajstić information content (AvgIpc) is 3.52. The highest BCUT2D eigenvalue weighted by Gasteiger charge is 2.46. The minimum absolute atomic E-state index is 0.00791. The smallest absolute Gasteiger partial charge is 0.322 e. The molecule has 2 aliphatic rings. The summed E-state index contributed by atoms with van der Waals surface area (Å²) in [5, 5.41) is 3.04. The molecule has 1 saturated carbocycles. The van der Waals surface area contributed by atoms with Crippen LogP contribution in [0.1, 0.15) is 49.3 Å². The quantitative estimate of drug-likeness (QED) is 0.402. The summed E-state index contributed by atoms with van der Waals surface area (Å²) in [5.74, 6) is 0. The highest BCUT2D eigenvalue weighted by atomic mass is 32.2. The van der Waals surface area contributed by atoms with Gasteiger partial charge in [0.2, 0.25) is 10.0 Å². The Bertz CT molecular complexity index is 1430. The number of nitrogens with one attached hydrogen (secondary N) is 2. The standard InChI is InChI=1S/C29H34N4O3S/c1-3-21-16-23(30)9-12-25(21)22-8-13-27-26(17-22)29(14-4-5-15-29)19-33(27)28(34)32-18-20-6-10-24(11-7-20)37(35,36)31-2/h6-13,16-17,31H,3-5,14-15,18-19,30H2,1-2H3,(H,32,34). The van der Waals surface area contributed by atoms with E-state index in [1.165, 1.54) is 42.1 Å². The predicted octanol–water partition coefficient (Wildman–Crippen LogP) is 4.95. The summed E-state index contributed by atoms with van der Waals surface area (Å²) in [6, 6.07) is 19.0. The van der Waals surface area contributed by atoms with Crippen molar-refractivity contribution in [3.05, 3.63) is 77.4 Å². The first kappa shape index (κ1) is 25.3. The van der Waals surface area contributed by atoms with Gasteiger partial charge in [-0.1, -0.05) is 44.0 Å². The van der Waals surface area contributed by atoms with Crippen LogP contribution < -0.4 is 20.7 Å². The molecule has 3 aromatic rings. The van der Waals surface area contributed by atoms with Gasteiger partial charge < -0.3 is 11.1 Å². The molecule has 2 amide bonds. The number of rotatable bonds is 6. The second-order valence-corrected chi connectivity index (χ2v) is 12.0. The van der Waals surface area contributed by atoms with Crippen LogP contribution in [0, 0.1) is 0 Å². The molecule has 0 aromatic heterocycles. The monoisotopic (exact) mass is 518 g/mol. The van der Waals surface area contributed by atoms with Crippen molar-refractivity contribution in [3.63, 3.8) is 0 Å². The number of carbonyl (C=O) groups is 1. The number of benzene rings is 3. The fourth-order valence-electron chi connectivity index (χ4n) is 5.86. The number of fused-ring (bicyclic) bond motifs is 2. The highest BCUT2D eigenvalue weighted by molar-refractivity contribution is 7.89. The van der Waals surface area contributed by atoms with Gasteiger partial charge in [-0.25, -0.2) is 17.9 Å². The van der Waals surface area contributed by atoms with Gasteiger partial charge in [0.05, 0.1) is 4.90 Å². The van der Waals surface area contributed by atoms with Gasteiger partial charge in [-0.2, -0.15) is 0 Å². The number of nitrogens with zero attached hydrogens (tertiary/aromatic N) is 1. The minimum Gasteiger partial charge on any atom is -0.399 e. The molecule has 7 nitrogen and oxygen atoms in total. The molecular weight excluding hydrogens is 484 g/mol. The van der Waals surface area contributed by atoms with Crippen molar-refractivity contribution in [1.82, 2.24) is 10.0 Å². The number of anilines is 2. The fourth-order valence-corrected chi connectivity index (χ4v) is 6.59. The Hall–Kier alpha value is -3.36. The first-order valence-corrected chi connectivity index (χ1v) is 14.4. The van der Waals surface area contributed by atoms with Gasteiger partial charge in [0.15, 0.2) is 0 Å². The molecule has 8 heteroatoms. The van der Waals surface area contributed by atoms with Crippen LogP contribution in [0.3, 0.4) is 0 Å². The van der Waals surface area contributed by atoms with Crippen molar-refractivity contribution < 1.29 is 13.2 Å². The third kappa shape index (κ3) is 4.71. The Labute approximate surface area is 219 Å². The first-order chi connectivity index (χ1) is 17.8. The summed E-state index contributed by atoms with van der Waals surface area (Å²) in [6.45, 7) is 3.14. The van der Waals surface area contributed by atoms with Gasteiger partial charge in [0, 0.05) is 29.9 Å². The third-order valence-electron chi connectivity index (χ3n) is 7.89. The SMILES string of the molecule is CCc1cc(N)ccc1-c1ccc2c(c1)C1(CCCC1)CN2C(=O)NCc1ccc(S(=O)(=O)NC)cc1.